The number of nitrogens with two attached hydrogens (primary N) is 1. The summed E-state index contributed by atoms with van der Waals surface area (Å²) >= 11 is 0. The molecule has 8 heteroatoms. The summed E-state index contributed by atoms with van der Waals surface area (Å²) in [5, 5.41) is 9.86. The van der Waals surface area contributed by atoms with Crippen LogP contribution in [0.1, 0.15) is 28.2 Å². The van der Waals surface area contributed by atoms with E-state index in [2.05, 4.69) is 0 Å². The molecule has 1 atom stereocenters. The van der Waals surface area contributed by atoms with E-state index in [9.17, 15) is 18.1 Å². The monoisotopic (exact) mass is 473 g/mol. The maximum atomic E-state index is 14.1. The molecule has 0 aromatic heterocycles. The number of ether oxygens (including phenoxy) is 1. The molecule has 0 amide bonds. The molecule has 2 heterocycles. The Balaban J connectivity index is 1.75. The van der Waals surface area contributed by atoms with Crippen molar-refractivity contribution in [3.05, 3.63) is 117 Å². The maximum absolute atomic E-state index is 14.1. The van der Waals surface area contributed by atoms with E-state index in [0.717, 1.165) is 11.1 Å². The first-order chi connectivity index (χ1) is 16.3. The largest absolute Gasteiger partial charge is 0.439 e. The molecule has 0 bridgehead atoms. The number of anilines is 1. The minimum atomic E-state index is -4.17. The maximum Gasteiger partial charge on any atom is 0.265 e. The molecule has 0 saturated heterocycles. The Hall–Kier alpha value is -4.09. The lowest BCUT2D eigenvalue weighted by Crippen LogP contribution is -2.39. The molecular formula is C26H20FN3O3S. The number of hydrogen-bond donors (Lipinski definition) is 1. The number of rotatable bonds is 3. The Labute approximate surface area is 197 Å². The van der Waals surface area contributed by atoms with Crippen molar-refractivity contribution in [1.82, 2.24) is 0 Å². The third kappa shape index (κ3) is 3.42. The number of benzene rings is 3. The molecule has 0 saturated carbocycles. The van der Waals surface area contributed by atoms with Gasteiger partial charge < -0.3 is 10.5 Å². The van der Waals surface area contributed by atoms with Gasteiger partial charge in [0.05, 0.1) is 18.2 Å². The molecule has 3 aromatic rings. The standard InChI is InChI=1S/C26H20FN3O3S/c1-16-6-8-17(9-7-16)15-30-22-5-3-2-4-20(22)24-25(34(30,31)32)23(21(14-28)26(29)33-24)18-10-12-19(27)13-11-18/h2-13,23H,15,29H2,1H3. The lowest BCUT2D eigenvalue weighted by molar-refractivity contribution is 0.357. The van der Waals surface area contributed by atoms with Crippen molar-refractivity contribution >= 4 is 21.5 Å². The fraction of sp³-hybridized carbons (Fsp3) is 0.115. The number of aryl methyl sites for hydroxylation is 1. The van der Waals surface area contributed by atoms with Crippen LogP contribution in [0.15, 0.2) is 89.2 Å². The van der Waals surface area contributed by atoms with Crippen molar-refractivity contribution < 1.29 is 17.5 Å². The van der Waals surface area contributed by atoms with Gasteiger partial charge in [0.1, 0.15) is 22.4 Å². The molecule has 0 fully saturated rings. The Bertz CT molecular complexity index is 1500. The minimum absolute atomic E-state index is 0.0383. The zero-order valence-electron chi connectivity index (χ0n) is 18.2. The van der Waals surface area contributed by atoms with Crippen molar-refractivity contribution in [3.8, 4) is 6.07 Å². The highest BCUT2D eigenvalue weighted by Crippen LogP contribution is 2.51. The van der Waals surface area contributed by atoms with Crippen LogP contribution >= 0.6 is 0 Å². The van der Waals surface area contributed by atoms with E-state index in [4.69, 9.17) is 10.5 Å². The average molecular weight is 474 g/mol. The smallest absolute Gasteiger partial charge is 0.265 e. The Morgan fingerprint density at radius 1 is 1.06 bits per heavy atom. The van der Waals surface area contributed by atoms with Crippen LogP contribution in [0.25, 0.3) is 5.76 Å². The van der Waals surface area contributed by atoms with Crippen LogP contribution in [0.5, 0.6) is 0 Å². The van der Waals surface area contributed by atoms with E-state index in [1.54, 1.807) is 24.3 Å². The SMILES string of the molecule is Cc1ccc(CN2c3ccccc3C3=C(C(c4ccc(F)cc4)C(C#N)=C(N)O3)S2(=O)=O)cc1. The third-order valence-electron chi connectivity index (χ3n) is 6.01. The molecule has 2 aliphatic rings. The normalized spacial score (nSPS) is 18.6. The number of hydrogen-bond acceptors (Lipinski definition) is 5. The van der Waals surface area contributed by atoms with Gasteiger partial charge in [-0.05, 0) is 42.3 Å². The van der Waals surface area contributed by atoms with Crippen molar-refractivity contribution in [2.24, 2.45) is 5.73 Å². The van der Waals surface area contributed by atoms with E-state index in [0.29, 0.717) is 16.8 Å². The summed E-state index contributed by atoms with van der Waals surface area (Å²) < 4.78 is 49.0. The molecule has 0 aliphatic carbocycles. The molecule has 0 spiro atoms. The van der Waals surface area contributed by atoms with Gasteiger partial charge in [-0.1, -0.05) is 54.1 Å². The van der Waals surface area contributed by atoms with Gasteiger partial charge in [0, 0.05) is 5.56 Å². The van der Waals surface area contributed by atoms with Crippen LogP contribution < -0.4 is 10.0 Å². The van der Waals surface area contributed by atoms with E-state index >= 15 is 0 Å². The van der Waals surface area contributed by atoms with E-state index in [1.165, 1.54) is 28.6 Å². The first-order valence-corrected chi connectivity index (χ1v) is 12.0. The van der Waals surface area contributed by atoms with Gasteiger partial charge in [-0.2, -0.15) is 5.26 Å². The molecule has 5 rings (SSSR count). The molecule has 2 N–H and O–H groups in total. The second kappa shape index (κ2) is 8.04. The van der Waals surface area contributed by atoms with Gasteiger partial charge in [0.15, 0.2) is 5.76 Å². The number of halogens is 1. The van der Waals surface area contributed by atoms with E-state index < -0.39 is 21.8 Å². The van der Waals surface area contributed by atoms with Gasteiger partial charge >= 0.3 is 0 Å². The lowest BCUT2D eigenvalue weighted by Gasteiger charge is -2.38. The van der Waals surface area contributed by atoms with Crippen molar-refractivity contribution in [3.63, 3.8) is 0 Å². The summed E-state index contributed by atoms with van der Waals surface area (Å²) in [5.41, 5.74) is 9.34. The number of nitriles is 1. The number of allylic oxidation sites excluding steroid dienone is 2. The van der Waals surface area contributed by atoms with Gasteiger partial charge in [-0.3, -0.25) is 4.31 Å². The molecule has 2 aliphatic heterocycles. The molecule has 170 valence electrons. The first-order valence-electron chi connectivity index (χ1n) is 10.6. The number of fused-ring (bicyclic) bond motifs is 2. The fourth-order valence-corrected chi connectivity index (χ4v) is 6.24. The first kappa shape index (κ1) is 21.7. The van der Waals surface area contributed by atoms with E-state index in [1.807, 2.05) is 37.3 Å². The molecule has 1 unspecified atom stereocenters. The van der Waals surface area contributed by atoms with Gasteiger partial charge in [-0.25, -0.2) is 12.8 Å². The Morgan fingerprint density at radius 3 is 2.41 bits per heavy atom. The van der Waals surface area contributed by atoms with E-state index in [-0.39, 0.29) is 28.7 Å². The van der Waals surface area contributed by atoms with Crippen molar-refractivity contribution in [1.29, 1.82) is 5.26 Å². The van der Waals surface area contributed by atoms with Gasteiger partial charge in [-0.15, -0.1) is 0 Å². The molecule has 34 heavy (non-hydrogen) atoms. The second-order valence-corrected chi connectivity index (χ2v) is 10.0. The van der Waals surface area contributed by atoms with Gasteiger partial charge in [0.2, 0.25) is 5.88 Å². The molecule has 3 aromatic carbocycles. The summed E-state index contributed by atoms with van der Waals surface area (Å²) in [6.07, 6.45) is 0. The topological polar surface area (TPSA) is 96.4 Å². The quantitative estimate of drug-likeness (QED) is 0.597. The summed E-state index contributed by atoms with van der Waals surface area (Å²) in [5.74, 6) is -1.60. The van der Waals surface area contributed by atoms with Crippen LogP contribution in [0.2, 0.25) is 0 Å². The lowest BCUT2D eigenvalue weighted by atomic mass is 9.88. The summed E-state index contributed by atoms with van der Waals surface area (Å²) in [6, 6.07) is 22.0. The Morgan fingerprint density at radius 2 is 1.74 bits per heavy atom. The predicted octanol–water partition coefficient (Wildman–Crippen LogP) is 4.66. The zero-order valence-corrected chi connectivity index (χ0v) is 19.0. The molecular weight excluding hydrogens is 453 g/mol. The second-order valence-electron chi connectivity index (χ2n) is 8.18. The van der Waals surface area contributed by atoms with Crippen molar-refractivity contribution in [2.45, 2.75) is 19.4 Å². The highest BCUT2D eigenvalue weighted by atomic mass is 32.2. The highest BCUT2D eigenvalue weighted by Gasteiger charge is 2.47. The summed E-state index contributed by atoms with van der Waals surface area (Å²) in [7, 11) is -4.17. The van der Waals surface area contributed by atoms with Crippen LogP contribution in [-0.4, -0.2) is 8.42 Å². The molecule has 0 radical (unpaired) electrons. The average Bonchev–Trinajstić information content (AvgIpc) is 2.82. The Kier molecular flexibility index (Phi) is 5.14. The van der Waals surface area contributed by atoms with Crippen molar-refractivity contribution in [2.75, 3.05) is 4.31 Å². The van der Waals surface area contributed by atoms with Crippen LogP contribution in [0.3, 0.4) is 0 Å². The third-order valence-corrected chi connectivity index (χ3v) is 7.89. The zero-order chi connectivity index (χ0) is 24.0. The number of sulfonamides is 1. The van der Waals surface area contributed by atoms with Gasteiger partial charge in [0.25, 0.3) is 10.0 Å². The molecule has 6 nitrogen and oxygen atoms in total. The van der Waals surface area contributed by atoms with Crippen LogP contribution in [0.4, 0.5) is 10.1 Å². The number of nitrogens with zero attached hydrogens (tertiary/aromatic N) is 2. The summed E-state index contributed by atoms with van der Waals surface area (Å²) in [6.45, 7) is 2.05. The fourth-order valence-electron chi connectivity index (χ4n) is 4.33. The minimum Gasteiger partial charge on any atom is -0.439 e. The summed E-state index contributed by atoms with van der Waals surface area (Å²) in [4.78, 5) is -0.0873. The predicted molar refractivity (Wildman–Crippen MR) is 127 cm³/mol. The van der Waals surface area contributed by atoms with Crippen LogP contribution in [-0.2, 0) is 21.3 Å². The highest BCUT2D eigenvalue weighted by molar-refractivity contribution is 7.96. The van der Waals surface area contributed by atoms with Crippen LogP contribution in [0, 0.1) is 24.1 Å². The number of para-hydroxylation sites is 1.